The average Bonchev–Trinajstić information content (AvgIpc) is 2.09. The van der Waals surface area contributed by atoms with Crippen molar-refractivity contribution in [3.63, 3.8) is 0 Å². The van der Waals surface area contributed by atoms with E-state index >= 15 is 0 Å². The number of hydrogen-bond donors (Lipinski definition) is 0. The second-order valence-electron chi connectivity index (χ2n) is 3.74. The number of esters is 1. The van der Waals surface area contributed by atoms with Crippen molar-refractivity contribution in [3.05, 3.63) is 11.6 Å². The highest BCUT2D eigenvalue weighted by atomic mass is 16.5. The Hall–Kier alpha value is -0.790. The highest BCUT2D eigenvalue weighted by molar-refractivity contribution is 5.82. The molecule has 0 bridgehead atoms. The molecule has 0 aromatic rings. The monoisotopic (exact) mass is 182 g/mol. The summed E-state index contributed by atoms with van der Waals surface area (Å²) in [7, 11) is 0. The molecule has 0 N–H and O–H groups in total. The van der Waals surface area contributed by atoms with Crippen LogP contribution in [0.5, 0.6) is 0 Å². The first-order chi connectivity index (χ1) is 6.22. The van der Waals surface area contributed by atoms with Gasteiger partial charge in [0.25, 0.3) is 0 Å². The molecule has 0 spiro atoms. The lowest BCUT2D eigenvalue weighted by Crippen LogP contribution is -2.07. The van der Waals surface area contributed by atoms with Crippen molar-refractivity contribution in [1.82, 2.24) is 0 Å². The van der Waals surface area contributed by atoms with Gasteiger partial charge in [-0.15, -0.1) is 0 Å². The fourth-order valence-electron chi connectivity index (χ4n) is 1.63. The summed E-state index contributed by atoms with van der Waals surface area (Å²) in [4.78, 5) is 11.1. The average molecular weight is 182 g/mol. The Bertz CT molecular complexity index is 196. The molecule has 0 radical (unpaired) electrons. The zero-order valence-electron chi connectivity index (χ0n) is 8.51. The molecule has 0 atom stereocenters. The third-order valence-electron chi connectivity index (χ3n) is 2.53. The van der Waals surface area contributed by atoms with Crippen molar-refractivity contribution in [2.45, 2.75) is 39.5 Å². The topological polar surface area (TPSA) is 26.3 Å². The SMILES string of the molecule is CCOC(=O)C=C1CCC(C)CC1. The van der Waals surface area contributed by atoms with Crippen LogP contribution in [0.1, 0.15) is 39.5 Å². The summed E-state index contributed by atoms with van der Waals surface area (Å²) < 4.78 is 4.86. The molecule has 0 unspecified atom stereocenters. The third-order valence-corrected chi connectivity index (χ3v) is 2.53. The maximum absolute atomic E-state index is 11.1. The number of hydrogen-bond acceptors (Lipinski definition) is 2. The maximum Gasteiger partial charge on any atom is 0.330 e. The molecule has 1 rings (SSSR count). The minimum Gasteiger partial charge on any atom is -0.463 e. The highest BCUT2D eigenvalue weighted by Gasteiger charge is 2.13. The Morgan fingerprint density at radius 2 is 2.15 bits per heavy atom. The summed E-state index contributed by atoms with van der Waals surface area (Å²) in [6, 6.07) is 0. The molecule has 1 saturated carbocycles. The van der Waals surface area contributed by atoms with Gasteiger partial charge in [0.15, 0.2) is 0 Å². The molecule has 0 saturated heterocycles. The lowest BCUT2D eigenvalue weighted by Gasteiger charge is -2.19. The molecule has 2 heteroatoms. The molecule has 1 fully saturated rings. The normalized spacial score (nSPS) is 22.6. The van der Waals surface area contributed by atoms with E-state index < -0.39 is 0 Å². The van der Waals surface area contributed by atoms with Crippen LogP contribution in [0.25, 0.3) is 0 Å². The molecule has 2 nitrogen and oxygen atoms in total. The van der Waals surface area contributed by atoms with Crippen LogP contribution in [0.2, 0.25) is 0 Å². The molecule has 1 aliphatic carbocycles. The van der Waals surface area contributed by atoms with E-state index in [4.69, 9.17) is 4.74 Å². The van der Waals surface area contributed by atoms with E-state index in [0.29, 0.717) is 6.61 Å². The molecule has 0 aromatic carbocycles. The highest BCUT2D eigenvalue weighted by Crippen LogP contribution is 2.27. The number of allylic oxidation sites excluding steroid dienone is 1. The van der Waals surface area contributed by atoms with Crippen LogP contribution in [0.3, 0.4) is 0 Å². The second-order valence-corrected chi connectivity index (χ2v) is 3.74. The van der Waals surface area contributed by atoms with Crippen molar-refractivity contribution in [1.29, 1.82) is 0 Å². The first-order valence-corrected chi connectivity index (χ1v) is 5.08. The van der Waals surface area contributed by atoms with Crippen LogP contribution >= 0.6 is 0 Å². The standard InChI is InChI=1S/C11H18O2/c1-3-13-11(12)8-10-6-4-9(2)5-7-10/h8-9H,3-7H2,1-2H3. The summed E-state index contributed by atoms with van der Waals surface area (Å²) in [5.41, 5.74) is 1.26. The van der Waals surface area contributed by atoms with Crippen LogP contribution in [0.15, 0.2) is 11.6 Å². The van der Waals surface area contributed by atoms with Crippen LogP contribution in [0.4, 0.5) is 0 Å². The third kappa shape index (κ3) is 3.62. The van der Waals surface area contributed by atoms with Gasteiger partial charge in [-0.05, 0) is 38.5 Å². The van der Waals surface area contributed by atoms with Gasteiger partial charge < -0.3 is 4.74 Å². The predicted octanol–water partition coefficient (Wildman–Crippen LogP) is 2.69. The van der Waals surface area contributed by atoms with Gasteiger partial charge in [-0.1, -0.05) is 12.5 Å². The Kier molecular flexibility index (Phi) is 4.00. The molecule has 0 amide bonds. The van der Waals surface area contributed by atoms with Crippen LogP contribution in [0, 0.1) is 5.92 Å². The Morgan fingerprint density at radius 1 is 1.54 bits per heavy atom. The molecule has 0 aromatic heterocycles. The minimum absolute atomic E-state index is 0.174. The smallest absolute Gasteiger partial charge is 0.330 e. The van der Waals surface area contributed by atoms with E-state index in [1.54, 1.807) is 6.08 Å². The van der Waals surface area contributed by atoms with Gasteiger partial charge in [-0.3, -0.25) is 0 Å². The molecule has 74 valence electrons. The van der Waals surface area contributed by atoms with Gasteiger partial charge in [0.2, 0.25) is 0 Å². The summed E-state index contributed by atoms with van der Waals surface area (Å²) >= 11 is 0. The van der Waals surface area contributed by atoms with Gasteiger partial charge in [-0.2, -0.15) is 0 Å². The number of carbonyl (C=O) groups excluding carboxylic acids is 1. The Balaban J connectivity index is 2.38. The van der Waals surface area contributed by atoms with Crippen molar-refractivity contribution in [3.8, 4) is 0 Å². The van der Waals surface area contributed by atoms with E-state index in [0.717, 1.165) is 18.8 Å². The van der Waals surface area contributed by atoms with E-state index in [9.17, 15) is 4.79 Å². The number of rotatable bonds is 2. The van der Waals surface area contributed by atoms with Crippen molar-refractivity contribution in [2.24, 2.45) is 5.92 Å². The summed E-state index contributed by atoms with van der Waals surface area (Å²) in [6.07, 6.45) is 6.24. The summed E-state index contributed by atoms with van der Waals surface area (Å²) in [5, 5.41) is 0. The minimum atomic E-state index is -0.174. The molecule has 13 heavy (non-hydrogen) atoms. The van der Waals surface area contributed by atoms with E-state index in [1.807, 2.05) is 6.92 Å². The van der Waals surface area contributed by atoms with Crippen LogP contribution in [-0.2, 0) is 9.53 Å². The molecule has 1 aliphatic rings. The quantitative estimate of drug-likeness (QED) is 0.485. The summed E-state index contributed by atoms with van der Waals surface area (Å²) in [6.45, 7) is 4.57. The van der Waals surface area contributed by atoms with Gasteiger partial charge in [-0.25, -0.2) is 4.79 Å². The lowest BCUT2D eigenvalue weighted by molar-refractivity contribution is -0.137. The second kappa shape index (κ2) is 5.05. The number of ether oxygens (including phenoxy) is 1. The first kappa shape index (κ1) is 10.3. The predicted molar refractivity (Wildman–Crippen MR) is 52.3 cm³/mol. The molecule has 0 aliphatic heterocycles. The fraction of sp³-hybridized carbons (Fsp3) is 0.727. The van der Waals surface area contributed by atoms with Gasteiger partial charge in [0, 0.05) is 6.08 Å². The van der Waals surface area contributed by atoms with Crippen molar-refractivity contribution < 1.29 is 9.53 Å². The van der Waals surface area contributed by atoms with Crippen molar-refractivity contribution >= 4 is 5.97 Å². The molecular weight excluding hydrogens is 164 g/mol. The largest absolute Gasteiger partial charge is 0.463 e. The van der Waals surface area contributed by atoms with E-state index in [-0.39, 0.29) is 5.97 Å². The molecule has 0 heterocycles. The zero-order chi connectivity index (χ0) is 9.68. The Morgan fingerprint density at radius 3 is 2.69 bits per heavy atom. The molecular formula is C11H18O2. The van der Waals surface area contributed by atoms with Gasteiger partial charge in [0.05, 0.1) is 6.61 Å². The first-order valence-electron chi connectivity index (χ1n) is 5.08. The van der Waals surface area contributed by atoms with Crippen molar-refractivity contribution in [2.75, 3.05) is 6.61 Å². The van der Waals surface area contributed by atoms with E-state index in [2.05, 4.69) is 6.92 Å². The summed E-state index contributed by atoms with van der Waals surface area (Å²) in [5.74, 6) is 0.645. The van der Waals surface area contributed by atoms with E-state index in [1.165, 1.54) is 18.4 Å². The van der Waals surface area contributed by atoms with Crippen LogP contribution < -0.4 is 0 Å². The zero-order valence-corrected chi connectivity index (χ0v) is 8.51. The lowest BCUT2D eigenvalue weighted by atomic mass is 9.87. The number of carbonyl (C=O) groups is 1. The fourth-order valence-corrected chi connectivity index (χ4v) is 1.63. The van der Waals surface area contributed by atoms with Crippen LogP contribution in [-0.4, -0.2) is 12.6 Å². The van der Waals surface area contributed by atoms with Gasteiger partial charge >= 0.3 is 5.97 Å². The maximum atomic E-state index is 11.1. The Labute approximate surface area is 80.0 Å². The van der Waals surface area contributed by atoms with Gasteiger partial charge in [0.1, 0.15) is 0 Å².